The third kappa shape index (κ3) is 4.99. The lowest BCUT2D eigenvalue weighted by molar-refractivity contribution is -0.134. The number of aliphatic hydroxyl groups excluding tert-OH is 2. The Morgan fingerprint density at radius 1 is 1.37 bits per heavy atom. The van der Waals surface area contributed by atoms with Crippen LogP contribution in [-0.4, -0.2) is 71.2 Å². The summed E-state index contributed by atoms with van der Waals surface area (Å²) in [5, 5.41) is 32.4. The number of anilines is 1. The largest absolute Gasteiger partial charge is 0.434 e. The van der Waals surface area contributed by atoms with Crippen molar-refractivity contribution in [2.45, 2.75) is 37.8 Å². The monoisotopic (exact) mass is 547 g/mol. The molecule has 0 saturated heterocycles. The number of aromatic nitrogens is 5. The SMILES string of the molecule is CN(C(=O)Cn1cc(NC(O)c2cnn3cccnc23)c(-c2cc(Cl)ccc2OC(F)F)n1)C1(CO)CC1. The van der Waals surface area contributed by atoms with Gasteiger partial charge in [-0.15, -0.1) is 0 Å². The molecule has 5 rings (SSSR count). The molecule has 1 aliphatic rings. The Labute approximate surface area is 220 Å². The van der Waals surface area contributed by atoms with Crippen molar-refractivity contribution in [2.24, 2.45) is 0 Å². The Balaban J connectivity index is 1.51. The van der Waals surface area contributed by atoms with Gasteiger partial charge in [0.05, 0.1) is 29.6 Å². The number of carbonyl (C=O) groups is 1. The van der Waals surface area contributed by atoms with Gasteiger partial charge in [0.25, 0.3) is 0 Å². The zero-order valence-corrected chi connectivity index (χ0v) is 20.9. The van der Waals surface area contributed by atoms with E-state index in [-0.39, 0.29) is 46.8 Å². The molecule has 1 aliphatic carbocycles. The Morgan fingerprint density at radius 3 is 2.87 bits per heavy atom. The van der Waals surface area contributed by atoms with E-state index >= 15 is 0 Å². The van der Waals surface area contributed by atoms with E-state index in [9.17, 15) is 23.8 Å². The first-order chi connectivity index (χ1) is 18.2. The minimum absolute atomic E-state index is 0.116. The molecule has 0 aliphatic heterocycles. The van der Waals surface area contributed by atoms with Crippen LogP contribution >= 0.6 is 11.6 Å². The molecule has 1 fully saturated rings. The van der Waals surface area contributed by atoms with E-state index in [1.807, 2.05) is 0 Å². The molecular formula is C24H24ClF2N7O4. The number of benzene rings is 1. The summed E-state index contributed by atoms with van der Waals surface area (Å²) >= 11 is 6.16. The Morgan fingerprint density at radius 2 is 2.16 bits per heavy atom. The molecule has 1 aromatic carbocycles. The quantitative estimate of drug-likeness (QED) is 0.258. The van der Waals surface area contributed by atoms with Gasteiger partial charge in [0.15, 0.2) is 11.9 Å². The summed E-state index contributed by atoms with van der Waals surface area (Å²) in [5.41, 5.74) is 0.638. The van der Waals surface area contributed by atoms with E-state index in [1.54, 1.807) is 25.5 Å². The van der Waals surface area contributed by atoms with Crippen molar-refractivity contribution in [2.75, 3.05) is 19.0 Å². The van der Waals surface area contributed by atoms with Crippen molar-refractivity contribution in [3.8, 4) is 17.0 Å². The number of amides is 1. The van der Waals surface area contributed by atoms with Crippen LogP contribution < -0.4 is 10.1 Å². The van der Waals surface area contributed by atoms with E-state index in [2.05, 4.69) is 25.2 Å². The average Bonchev–Trinajstić information content (AvgIpc) is 3.42. The Kier molecular flexibility index (Phi) is 6.90. The van der Waals surface area contributed by atoms with Gasteiger partial charge in [-0.1, -0.05) is 11.6 Å². The molecule has 1 atom stereocenters. The summed E-state index contributed by atoms with van der Waals surface area (Å²) in [6.45, 7) is -3.46. The van der Waals surface area contributed by atoms with E-state index in [4.69, 9.17) is 11.6 Å². The van der Waals surface area contributed by atoms with Crippen LogP contribution in [-0.2, 0) is 11.3 Å². The number of ether oxygens (including phenoxy) is 1. The normalized spacial score (nSPS) is 15.0. The van der Waals surface area contributed by atoms with Crippen molar-refractivity contribution < 1.29 is 28.5 Å². The maximum Gasteiger partial charge on any atom is 0.387 e. The number of hydrogen-bond acceptors (Lipinski definition) is 8. The topological polar surface area (TPSA) is 130 Å². The fourth-order valence-electron chi connectivity index (χ4n) is 4.21. The molecular weight excluding hydrogens is 524 g/mol. The van der Waals surface area contributed by atoms with Gasteiger partial charge >= 0.3 is 6.61 Å². The summed E-state index contributed by atoms with van der Waals surface area (Å²) < 4.78 is 33.8. The van der Waals surface area contributed by atoms with Crippen molar-refractivity contribution in [1.29, 1.82) is 0 Å². The predicted octanol–water partition coefficient (Wildman–Crippen LogP) is 2.93. The molecule has 200 valence electrons. The van der Waals surface area contributed by atoms with Crippen LogP contribution in [0.5, 0.6) is 5.75 Å². The van der Waals surface area contributed by atoms with Crippen LogP contribution in [0.25, 0.3) is 16.9 Å². The smallest absolute Gasteiger partial charge is 0.387 e. The van der Waals surface area contributed by atoms with Crippen molar-refractivity contribution in [3.05, 3.63) is 59.6 Å². The highest BCUT2D eigenvalue weighted by Gasteiger charge is 2.47. The molecule has 1 unspecified atom stereocenters. The van der Waals surface area contributed by atoms with Gasteiger partial charge in [-0.3, -0.25) is 9.48 Å². The fourth-order valence-corrected chi connectivity index (χ4v) is 4.38. The number of hydrogen-bond donors (Lipinski definition) is 3. The number of aliphatic hydroxyl groups is 2. The van der Waals surface area contributed by atoms with Crippen LogP contribution in [0.3, 0.4) is 0 Å². The maximum absolute atomic E-state index is 13.2. The minimum atomic E-state index is -3.10. The molecule has 0 bridgehead atoms. The molecule has 3 N–H and O–H groups in total. The third-order valence-corrected chi connectivity index (χ3v) is 6.81. The summed E-state index contributed by atoms with van der Waals surface area (Å²) in [4.78, 5) is 18.7. The van der Waals surface area contributed by atoms with E-state index < -0.39 is 18.4 Å². The zero-order chi connectivity index (χ0) is 27.0. The first-order valence-corrected chi connectivity index (χ1v) is 12.0. The number of halogens is 3. The molecule has 3 heterocycles. The van der Waals surface area contributed by atoms with Gasteiger partial charge in [0.2, 0.25) is 5.91 Å². The highest BCUT2D eigenvalue weighted by atomic mass is 35.5. The standard InChI is InChI=1S/C24H24ClF2N7O4/c1-32(24(13-35)5-6-24)19(36)12-33-11-17(30-22(37)16-10-29-34-8-2-7-28-21(16)34)20(31-33)15-9-14(25)3-4-18(15)38-23(26)27/h2-4,7-11,22-23,30,35,37H,5-6,12-13H2,1H3. The van der Waals surface area contributed by atoms with Gasteiger partial charge in [-0.2, -0.15) is 19.0 Å². The van der Waals surface area contributed by atoms with Crippen LogP contribution in [0.2, 0.25) is 5.02 Å². The van der Waals surface area contributed by atoms with Crippen LogP contribution in [0.1, 0.15) is 24.6 Å². The number of fused-ring (bicyclic) bond motifs is 1. The van der Waals surface area contributed by atoms with Gasteiger partial charge in [-0.25, -0.2) is 9.50 Å². The Hall–Kier alpha value is -3.81. The maximum atomic E-state index is 13.2. The van der Waals surface area contributed by atoms with E-state index in [1.165, 1.54) is 44.7 Å². The van der Waals surface area contributed by atoms with Crippen LogP contribution in [0, 0.1) is 0 Å². The summed E-state index contributed by atoms with van der Waals surface area (Å²) in [7, 11) is 1.61. The summed E-state index contributed by atoms with van der Waals surface area (Å²) in [6.07, 6.45) is 6.20. The molecule has 1 saturated carbocycles. The number of nitrogens with one attached hydrogen (secondary N) is 1. The minimum Gasteiger partial charge on any atom is -0.434 e. The number of alkyl halides is 2. The number of likely N-dealkylation sites (N-methyl/N-ethyl adjacent to an activating group) is 1. The second-order valence-electron chi connectivity index (χ2n) is 8.98. The fraction of sp³-hybridized carbons (Fsp3) is 0.333. The molecule has 14 heteroatoms. The van der Waals surface area contributed by atoms with Crippen molar-refractivity contribution in [3.63, 3.8) is 0 Å². The summed E-state index contributed by atoms with van der Waals surface area (Å²) in [5.74, 6) is -0.495. The Bertz CT molecular complexity index is 1470. The molecule has 11 nitrogen and oxygen atoms in total. The highest BCUT2D eigenvalue weighted by molar-refractivity contribution is 6.31. The lowest BCUT2D eigenvalue weighted by atomic mass is 10.1. The van der Waals surface area contributed by atoms with Crippen LogP contribution in [0.15, 0.2) is 49.1 Å². The van der Waals surface area contributed by atoms with Crippen LogP contribution in [0.4, 0.5) is 14.5 Å². The van der Waals surface area contributed by atoms with Gasteiger partial charge in [-0.05, 0) is 37.1 Å². The van der Waals surface area contributed by atoms with Crippen molar-refractivity contribution in [1.82, 2.24) is 29.3 Å². The van der Waals surface area contributed by atoms with Gasteiger partial charge < -0.3 is 25.2 Å². The number of rotatable bonds is 10. The van der Waals surface area contributed by atoms with E-state index in [0.29, 0.717) is 24.1 Å². The highest BCUT2D eigenvalue weighted by Crippen LogP contribution is 2.41. The average molecular weight is 548 g/mol. The second-order valence-corrected chi connectivity index (χ2v) is 9.41. The molecule has 3 aromatic heterocycles. The molecule has 38 heavy (non-hydrogen) atoms. The first kappa shape index (κ1) is 25.8. The molecule has 0 radical (unpaired) electrons. The number of carbonyl (C=O) groups excluding carboxylic acids is 1. The molecule has 0 spiro atoms. The lowest BCUT2D eigenvalue weighted by Gasteiger charge is -2.26. The predicted molar refractivity (Wildman–Crippen MR) is 133 cm³/mol. The summed E-state index contributed by atoms with van der Waals surface area (Å²) in [6, 6.07) is 5.77. The zero-order valence-electron chi connectivity index (χ0n) is 20.1. The van der Waals surface area contributed by atoms with Gasteiger partial charge in [0.1, 0.15) is 18.0 Å². The second kappa shape index (κ2) is 10.2. The first-order valence-electron chi connectivity index (χ1n) is 11.6. The van der Waals surface area contributed by atoms with Crippen molar-refractivity contribution >= 4 is 28.8 Å². The lowest BCUT2D eigenvalue weighted by Crippen LogP contribution is -2.43. The van der Waals surface area contributed by atoms with E-state index in [0.717, 1.165) is 0 Å². The third-order valence-electron chi connectivity index (χ3n) is 6.57. The molecule has 4 aromatic rings. The molecule has 1 amide bonds. The van der Waals surface area contributed by atoms with Gasteiger partial charge in [0, 0.05) is 36.2 Å². The number of nitrogens with zero attached hydrogens (tertiary/aromatic N) is 6.